The van der Waals surface area contributed by atoms with Crippen LogP contribution in [0.15, 0.2) is 4.42 Å². The maximum absolute atomic E-state index is 12.0. The molecule has 0 saturated carbocycles. The van der Waals surface area contributed by atoms with Crippen molar-refractivity contribution >= 4 is 16.2 Å². The second-order valence-electron chi connectivity index (χ2n) is 5.00. The number of nitrogens with one attached hydrogen (secondary N) is 1. The highest BCUT2D eigenvalue weighted by atomic mass is 32.2. The highest BCUT2D eigenvalue weighted by molar-refractivity contribution is 7.87. The van der Waals surface area contributed by atoms with E-state index in [1.54, 1.807) is 13.8 Å². The predicted octanol–water partition coefficient (Wildman–Crippen LogP) is -0.00320. The molecule has 1 fully saturated rings. The van der Waals surface area contributed by atoms with Crippen molar-refractivity contribution in [3.05, 3.63) is 5.89 Å². The number of hydrogen-bond donors (Lipinski definition) is 1. The van der Waals surface area contributed by atoms with E-state index < -0.39 is 10.2 Å². The van der Waals surface area contributed by atoms with Crippen LogP contribution in [0.25, 0.3) is 0 Å². The molecule has 0 bridgehead atoms. The van der Waals surface area contributed by atoms with E-state index in [0.717, 1.165) is 0 Å². The Balaban J connectivity index is 1.95. The maximum atomic E-state index is 12.0. The Bertz CT molecular complexity index is 534. The fourth-order valence-electron chi connectivity index (χ4n) is 2.01. The molecule has 1 aliphatic rings. The van der Waals surface area contributed by atoms with Crippen molar-refractivity contribution in [1.82, 2.24) is 19.2 Å². The lowest BCUT2D eigenvalue weighted by Crippen LogP contribution is -2.53. The van der Waals surface area contributed by atoms with E-state index in [9.17, 15) is 8.42 Å². The summed E-state index contributed by atoms with van der Waals surface area (Å²) in [6.07, 6.45) is 0.694. The summed E-state index contributed by atoms with van der Waals surface area (Å²) in [5.74, 6) is 0.594. The predicted molar refractivity (Wildman–Crippen MR) is 74.7 cm³/mol. The standard InChI is InChI=1S/C11H21N5O3S/c1-4-10-12-13-11(19-10)15-5-7-16(8-6-15)20(17,18)14-9(2)3/h9,14H,4-8H2,1-3H3. The molecular formula is C11H21N5O3S. The fraction of sp³-hybridized carbons (Fsp3) is 0.818. The van der Waals surface area contributed by atoms with Gasteiger partial charge in [-0.05, 0) is 13.8 Å². The Kier molecular flexibility index (Phi) is 4.61. The highest BCUT2D eigenvalue weighted by Gasteiger charge is 2.28. The molecule has 0 aliphatic carbocycles. The van der Waals surface area contributed by atoms with Gasteiger partial charge in [0.25, 0.3) is 10.2 Å². The van der Waals surface area contributed by atoms with Crippen LogP contribution in [-0.4, -0.2) is 55.1 Å². The number of aromatic nitrogens is 2. The van der Waals surface area contributed by atoms with Gasteiger partial charge in [0.1, 0.15) is 0 Å². The lowest BCUT2D eigenvalue weighted by molar-refractivity contribution is 0.362. The van der Waals surface area contributed by atoms with Crippen molar-refractivity contribution in [3.63, 3.8) is 0 Å². The molecule has 0 unspecified atom stereocenters. The van der Waals surface area contributed by atoms with Crippen LogP contribution < -0.4 is 9.62 Å². The summed E-state index contributed by atoms with van der Waals surface area (Å²) >= 11 is 0. The molecule has 1 aromatic rings. The SMILES string of the molecule is CCc1nnc(N2CCN(S(=O)(=O)NC(C)C)CC2)o1. The smallest absolute Gasteiger partial charge is 0.318 e. The zero-order valence-corrected chi connectivity index (χ0v) is 12.9. The summed E-state index contributed by atoms with van der Waals surface area (Å²) in [5, 5.41) is 7.89. The van der Waals surface area contributed by atoms with Crippen LogP contribution in [0.5, 0.6) is 0 Å². The van der Waals surface area contributed by atoms with Gasteiger partial charge >= 0.3 is 6.01 Å². The van der Waals surface area contributed by atoms with Crippen LogP contribution in [-0.2, 0) is 16.6 Å². The van der Waals surface area contributed by atoms with Gasteiger partial charge in [-0.2, -0.15) is 17.4 Å². The average molecular weight is 303 g/mol. The molecule has 1 aliphatic heterocycles. The molecule has 2 heterocycles. The largest absolute Gasteiger partial charge is 0.408 e. The van der Waals surface area contributed by atoms with Crippen LogP contribution in [0.1, 0.15) is 26.7 Å². The van der Waals surface area contributed by atoms with E-state index in [2.05, 4.69) is 14.9 Å². The third-order valence-corrected chi connectivity index (χ3v) is 4.81. The van der Waals surface area contributed by atoms with Crippen molar-refractivity contribution in [2.24, 2.45) is 0 Å². The minimum Gasteiger partial charge on any atom is -0.408 e. The van der Waals surface area contributed by atoms with Crippen molar-refractivity contribution in [1.29, 1.82) is 0 Å². The van der Waals surface area contributed by atoms with Crippen LogP contribution >= 0.6 is 0 Å². The Morgan fingerprint density at radius 3 is 2.40 bits per heavy atom. The quantitative estimate of drug-likeness (QED) is 0.823. The molecule has 0 radical (unpaired) electrons. The third kappa shape index (κ3) is 3.47. The molecule has 0 spiro atoms. The van der Waals surface area contributed by atoms with Gasteiger partial charge in [-0.3, -0.25) is 0 Å². The summed E-state index contributed by atoms with van der Waals surface area (Å²) in [6, 6.07) is 0.358. The number of piperazine rings is 1. The number of nitrogens with zero attached hydrogens (tertiary/aromatic N) is 4. The molecular weight excluding hydrogens is 282 g/mol. The van der Waals surface area contributed by atoms with Crippen molar-refractivity contribution < 1.29 is 12.8 Å². The van der Waals surface area contributed by atoms with E-state index in [-0.39, 0.29) is 6.04 Å². The second-order valence-corrected chi connectivity index (χ2v) is 6.70. The monoisotopic (exact) mass is 303 g/mol. The van der Waals surface area contributed by atoms with E-state index in [0.29, 0.717) is 44.5 Å². The molecule has 0 aromatic carbocycles. The Morgan fingerprint density at radius 1 is 1.25 bits per heavy atom. The zero-order valence-electron chi connectivity index (χ0n) is 12.0. The first-order chi connectivity index (χ1) is 9.42. The van der Waals surface area contributed by atoms with Gasteiger partial charge in [0.15, 0.2) is 0 Å². The molecule has 8 nitrogen and oxygen atoms in total. The molecule has 1 aromatic heterocycles. The summed E-state index contributed by atoms with van der Waals surface area (Å²) in [5.41, 5.74) is 0. The lowest BCUT2D eigenvalue weighted by Gasteiger charge is -2.33. The minimum absolute atomic E-state index is 0.110. The summed E-state index contributed by atoms with van der Waals surface area (Å²) < 4.78 is 33.6. The number of anilines is 1. The van der Waals surface area contributed by atoms with Gasteiger partial charge in [0, 0.05) is 38.6 Å². The van der Waals surface area contributed by atoms with Crippen molar-refractivity contribution in [2.45, 2.75) is 33.2 Å². The van der Waals surface area contributed by atoms with Gasteiger partial charge in [-0.15, -0.1) is 5.10 Å². The number of hydrogen-bond acceptors (Lipinski definition) is 6. The van der Waals surface area contributed by atoms with Crippen LogP contribution in [0, 0.1) is 0 Å². The lowest BCUT2D eigenvalue weighted by atomic mass is 10.4. The van der Waals surface area contributed by atoms with E-state index in [1.165, 1.54) is 4.31 Å². The van der Waals surface area contributed by atoms with Crippen LogP contribution in [0.4, 0.5) is 6.01 Å². The van der Waals surface area contributed by atoms with Crippen molar-refractivity contribution in [3.8, 4) is 0 Å². The maximum Gasteiger partial charge on any atom is 0.318 e. The summed E-state index contributed by atoms with van der Waals surface area (Å²) in [6.45, 7) is 7.46. The molecule has 0 atom stereocenters. The minimum atomic E-state index is -3.40. The Hall–Kier alpha value is -1.19. The average Bonchev–Trinajstić information content (AvgIpc) is 2.86. The van der Waals surface area contributed by atoms with Crippen LogP contribution in [0.2, 0.25) is 0 Å². The molecule has 1 N–H and O–H groups in total. The van der Waals surface area contributed by atoms with E-state index >= 15 is 0 Å². The van der Waals surface area contributed by atoms with E-state index in [1.807, 2.05) is 11.8 Å². The Labute approximate surface area is 119 Å². The molecule has 1 saturated heterocycles. The number of rotatable bonds is 5. The first-order valence-electron chi connectivity index (χ1n) is 6.77. The normalized spacial score (nSPS) is 17.9. The first-order valence-corrected chi connectivity index (χ1v) is 8.21. The van der Waals surface area contributed by atoms with Gasteiger partial charge in [0.05, 0.1) is 0 Å². The fourth-order valence-corrected chi connectivity index (χ4v) is 3.40. The molecule has 20 heavy (non-hydrogen) atoms. The van der Waals surface area contributed by atoms with Gasteiger partial charge in [-0.1, -0.05) is 12.0 Å². The zero-order chi connectivity index (χ0) is 14.8. The Morgan fingerprint density at radius 2 is 1.90 bits per heavy atom. The third-order valence-electron chi connectivity index (χ3n) is 2.99. The molecule has 9 heteroatoms. The van der Waals surface area contributed by atoms with E-state index in [4.69, 9.17) is 4.42 Å². The van der Waals surface area contributed by atoms with Gasteiger partial charge in [-0.25, -0.2) is 0 Å². The summed E-state index contributed by atoms with van der Waals surface area (Å²) in [7, 11) is -3.40. The highest BCUT2D eigenvalue weighted by Crippen LogP contribution is 2.16. The molecule has 2 rings (SSSR count). The number of aryl methyl sites for hydroxylation is 1. The molecule has 114 valence electrons. The molecule has 0 amide bonds. The second kappa shape index (κ2) is 6.06. The first kappa shape index (κ1) is 15.2. The van der Waals surface area contributed by atoms with Gasteiger partial charge in [0.2, 0.25) is 5.89 Å². The van der Waals surface area contributed by atoms with Crippen molar-refractivity contribution in [2.75, 3.05) is 31.1 Å². The van der Waals surface area contributed by atoms with Gasteiger partial charge < -0.3 is 9.32 Å². The topological polar surface area (TPSA) is 91.6 Å². The van der Waals surface area contributed by atoms with Crippen LogP contribution in [0.3, 0.4) is 0 Å². The summed E-state index contributed by atoms with van der Waals surface area (Å²) in [4.78, 5) is 1.91.